The van der Waals surface area contributed by atoms with E-state index >= 15 is 0 Å². The highest BCUT2D eigenvalue weighted by molar-refractivity contribution is 5.92. The Morgan fingerprint density at radius 3 is 2.43 bits per heavy atom. The number of rotatable bonds is 3. The molecular weight excluding hydrogens is 393 g/mol. The molecule has 0 aliphatic carbocycles. The summed E-state index contributed by atoms with van der Waals surface area (Å²) in [5, 5.41) is 0.734. The molecule has 5 nitrogen and oxygen atoms in total. The molecule has 1 amide bonds. The number of carbonyl (C=O) groups is 1. The van der Waals surface area contributed by atoms with Gasteiger partial charge >= 0.3 is 6.18 Å². The zero-order chi connectivity index (χ0) is 21.3. The van der Waals surface area contributed by atoms with Crippen LogP contribution in [0.3, 0.4) is 0 Å². The maximum atomic E-state index is 13.0. The summed E-state index contributed by atoms with van der Waals surface area (Å²) in [4.78, 5) is 23.2. The van der Waals surface area contributed by atoms with E-state index in [9.17, 15) is 18.0 Å². The van der Waals surface area contributed by atoms with Crippen molar-refractivity contribution in [3.63, 3.8) is 0 Å². The molecule has 8 heteroatoms. The van der Waals surface area contributed by atoms with Gasteiger partial charge in [-0.1, -0.05) is 6.07 Å². The second-order valence-electron chi connectivity index (χ2n) is 8.38. The SMILES string of the molecule is CN1CCN(C(=O)CC2CCN(c3ccnc4cc(C(F)(F)F)ccc34)CC2)CC1. The largest absolute Gasteiger partial charge is 0.416 e. The zero-order valence-electron chi connectivity index (χ0n) is 17.2. The summed E-state index contributed by atoms with van der Waals surface area (Å²) < 4.78 is 39.0. The van der Waals surface area contributed by atoms with Crippen LogP contribution in [0.4, 0.5) is 18.9 Å². The van der Waals surface area contributed by atoms with Crippen LogP contribution in [0.2, 0.25) is 0 Å². The minimum Gasteiger partial charge on any atom is -0.371 e. The Hall–Kier alpha value is -2.35. The number of hydrogen-bond donors (Lipinski definition) is 0. The van der Waals surface area contributed by atoms with Crippen molar-refractivity contribution in [3.05, 3.63) is 36.0 Å². The molecule has 2 fully saturated rings. The van der Waals surface area contributed by atoms with Gasteiger partial charge in [0.25, 0.3) is 0 Å². The van der Waals surface area contributed by atoms with Gasteiger partial charge in [-0.3, -0.25) is 9.78 Å². The fourth-order valence-corrected chi connectivity index (χ4v) is 4.39. The zero-order valence-corrected chi connectivity index (χ0v) is 17.2. The van der Waals surface area contributed by atoms with Crippen molar-refractivity contribution in [2.75, 3.05) is 51.2 Å². The van der Waals surface area contributed by atoms with Gasteiger partial charge < -0.3 is 14.7 Å². The summed E-state index contributed by atoms with van der Waals surface area (Å²) >= 11 is 0. The Labute approximate surface area is 174 Å². The van der Waals surface area contributed by atoms with Crippen molar-refractivity contribution in [1.82, 2.24) is 14.8 Å². The number of piperazine rings is 1. The van der Waals surface area contributed by atoms with Crippen molar-refractivity contribution in [2.24, 2.45) is 5.92 Å². The molecule has 1 aromatic heterocycles. The van der Waals surface area contributed by atoms with Gasteiger partial charge in [-0.25, -0.2) is 0 Å². The number of alkyl halides is 3. The number of piperidine rings is 1. The quantitative estimate of drug-likeness (QED) is 0.760. The Kier molecular flexibility index (Phi) is 5.86. The number of aromatic nitrogens is 1. The molecule has 0 radical (unpaired) electrons. The van der Waals surface area contributed by atoms with Crippen LogP contribution >= 0.6 is 0 Å². The van der Waals surface area contributed by atoms with E-state index in [1.54, 1.807) is 6.20 Å². The molecule has 0 atom stereocenters. The molecular formula is C22H27F3N4O. The molecule has 0 unspecified atom stereocenters. The van der Waals surface area contributed by atoms with Gasteiger partial charge in [-0.05, 0) is 44.0 Å². The van der Waals surface area contributed by atoms with Gasteiger partial charge in [-0.15, -0.1) is 0 Å². The van der Waals surface area contributed by atoms with Crippen molar-refractivity contribution in [3.8, 4) is 0 Å². The van der Waals surface area contributed by atoms with E-state index in [4.69, 9.17) is 0 Å². The van der Waals surface area contributed by atoms with Gasteiger partial charge in [0.2, 0.25) is 5.91 Å². The van der Waals surface area contributed by atoms with Gasteiger partial charge in [0, 0.05) is 63.0 Å². The highest BCUT2D eigenvalue weighted by atomic mass is 19.4. The standard InChI is InChI=1S/C22H27F3N4O/c1-27-10-12-29(13-11-27)21(30)14-16-5-8-28(9-6-16)20-4-7-26-19-15-17(22(23,24)25)2-3-18(19)20/h2-4,7,15-16H,5-6,8-14H2,1H3. The smallest absolute Gasteiger partial charge is 0.371 e. The Bertz CT molecular complexity index is 901. The highest BCUT2D eigenvalue weighted by Crippen LogP contribution is 2.35. The van der Waals surface area contributed by atoms with E-state index < -0.39 is 11.7 Å². The normalized spacial score (nSPS) is 19.5. The lowest BCUT2D eigenvalue weighted by molar-refractivity contribution is -0.137. The molecule has 2 aliphatic rings. The lowest BCUT2D eigenvalue weighted by Crippen LogP contribution is -2.47. The van der Waals surface area contributed by atoms with Gasteiger partial charge in [0.05, 0.1) is 11.1 Å². The van der Waals surface area contributed by atoms with Crippen LogP contribution in [0.5, 0.6) is 0 Å². The molecule has 2 aliphatic heterocycles. The summed E-state index contributed by atoms with van der Waals surface area (Å²) in [7, 11) is 2.07. The lowest BCUT2D eigenvalue weighted by atomic mass is 9.92. The van der Waals surface area contributed by atoms with Crippen LogP contribution < -0.4 is 4.90 Å². The van der Waals surface area contributed by atoms with Gasteiger partial charge in [0.1, 0.15) is 0 Å². The fourth-order valence-electron chi connectivity index (χ4n) is 4.39. The number of hydrogen-bond acceptors (Lipinski definition) is 4. The average Bonchev–Trinajstić information content (AvgIpc) is 2.73. The van der Waals surface area contributed by atoms with Crippen LogP contribution in [-0.4, -0.2) is 67.0 Å². The summed E-state index contributed by atoms with van der Waals surface area (Å²) in [6, 6.07) is 5.62. The Balaban J connectivity index is 1.39. The second-order valence-corrected chi connectivity index (χ2v) is 8.38. The first kappa shape index (κ1) is 20.9. The van der Waals surface area contributed by atoms with E-state index in [1.807, 2.05) is 11.0 Å². The Morgan fingerprint density at radius 2 is 1.77 bits per heavy atom. The van der Waals surface area contributed by atoms with E-state index in [2.05, 4.69) is 21.8 Å². The minimum atomic E-state index is -4.37. The molecule has 1 aromatic carbocycles. The molecule has 30 heavy (non-hydrogen) atoms. The highest BCUT2D eigenvalue weighted by Gasteiger charge is 2.31. The van der Waals surface area contributed by atoms with Crippen LogP contribution in [0.25, 0.3) is 10.9 Å². The van der Waals surface area contributed by atoms with Crippen LogP contribution in [0.15, 0.2) is 30.5 Å². The molecule has 4 rings (SSSR count). The van der Waals surface area contributed by atoms with Crippen LogP contribution in [0, 0.1) is 5.92 Å². The average molecular weight is 420 g/mol. The maximum absolute atomic E-state index is 13.0. The van der Waals surface area contributed by atoms with E-state index in [0.29, 0.717) is 17.9 Å². The van der Waals surface area contributed by atoms with Crippen molar-refractivity contribution >= 4 is 22.5 Å². The number of anilines is 1. The van der Waals surface area contributed by atoms with Crippen molar-refractivity contribution in [1.29, 1.82) is 0 Å². The topological polar surface area (TPSA) is 39.7 Å². The summed E-state index contributed by atoms with van der Waals surface area (Å²) in [5.74, 6) is 0.605. The molecule has 0 saturated carbocycles. The lowest BCUT2D eigenvalue weighted by Gasteiger charge is -2.36. The number of nitrogens with zero attached hydrogens (tertiary/aromatic N) is 4. The summed E-state index contributed by atoms with van der Waals surface area (Å²) in [5.41, 5.74) is 0.591. The van der Waals surface area contributed by atoms with Crippen molar-refractivity contribution < 1.29 is 18.0 Å². The Morgan fingerprint density at radius 1 is 1.07 bits per heavy atom. The number of halogens is 3. The number of likely N-dealkylation sites (N-methyl/N-ethyl adjacent to an activating group) is 1. The first-order chi connectivity index (χ1) is 14.3. The van der Waals surface area contributed by atoms with Gasteiger partial charge in [-0.2, -0.15) is 13.2 Å². The predicted octanol–water partition coefficient (Wildman–Crippen LogP) is 3.63. The van der Waals surface area contributed by atoms with Gasteiger partial charge in [0.15, 0.2) is 0 Å². The molecule has 0 N–H and O–H groups in total. The first-order valence-electron chi connectivity index (χ1n) is 10.5. The minimum absolute atomic E-state index is 0.246. The molecule has 0 spiro atoms. The third-order valence-electron chi connectivity index (χ3n) is 6.32. The van der Waals surface area contributed by atoms with E-state index in [-0.39, 0.29) is 5.91 Å². The molecule has 3 heterocycles. The first-order valence-corrected chi connectivity index (χ1v) is 10.5. The maximum Gasteiger partial charge on any atom is 0.416 e. The second kappa shape index (κ2) is 8.41. The van der Waals surface area contributed by atoms with E-state index in [1.165, 1.54) is 6.07 Å². The van der Waals surface area contributed by atoms with Crippen molar-refractivity contribution in [2.45, 2.75) is 25.4 Å². The number of carbonyl (C=O) groups excluding carboxylic acids is 1. The molecule has 2 saturated heterocycles. The third kappa shape index (κ3) is 4.53. The number of fused-ring (bicyclic) bond motifs is 1. The van der Waals surface area contributed by atoms with E-state index in [0.717, 1.165) is 75.3 Å². The molecule has 0 bridgehead atoms. The number of amides is 1. The molecule has 162 valence electrons. The fraction of sp³-hybridized carbons (Fsp3) is 0.545. The summed E-state index contributed by atoms with van der Waals surface area (Å²) in [6.45, 7) is 5.04. The number of benzene rings is 1. The number of pyridine rings is 1. The molecule has 2 aromatic rings. The van der Waals surface area contributed by atoms with Crippen LogP contribution in [-0.2, 0) is 11.0 Å². The monoisotopic (exact) mass is 420 g/mol. The summed E-state index contributed by atoms with van der Waals surface area (Å²) in [6.07, 6.45) is -0.404. The third-order valence-corrected chi connectivity index (χ3v) is 6.32. The predicted molar refractivity (Wildman–Crippen MR) is 110 cm³/mol. The van der Waals surface area contributed by atoms with Crippen LogP contribution in [0.1, 0.15) is 24.8 Å².